The average molecular weight is 255 g/mol. The van der Waals surface area contributed by atoms with Crippen LogP contribution >= 0.6 is 11.5 Å². The summed E-state index contributed by atoms with van der Waals surface area (Å²) in [5.74, 6) is -0.846. The van der Waals surface area contributed by atoms with Gasteiger partial charge in [-0.3, -0.25) is 9.59 Å². The molecule has 0 radical (unpaired) electrons. The van der Waals surface area contributed by atoms with Gasteiger partial charge in [0.2, 0.25) is 5.91 Å². The van der Waals surface area contributed by atoms with Gasteiger partial charge in [0, 0.05) is 5.38 Å². The van der Waals surface area contributed by atoms with Crippen LogP contribution in [-0.2, 0) is 4.79 Å². The molecule has 1 aromatic heterocycles. The molecule has 3 N–H and O–H groups in total. The molecule has 0 saturated carbocycles. The molecule has 1 rings (SSSR count). The lowest BCUT2D eigenvalue weighted by atomic mass is 9.86. The molecule has 0 aromatic carbocycles. The van der Waals surface area contributed by atoms with Gasteiger partial charge in [-0.05, 0) is 23.9 Å². The topological polar surface area (TPSA) is 85.1 Å². The van der Waals surface area contributed by atoms with Gasteiger partial charge in [-0.2, -0.15) is 4.37 Å². The second-order valence-electron chi connectivity index (χ2n) is 4.99. The highest BCUT2D eigenvalue weighted by atomic mass is 32.1. The van der Waals surface area contributed by atoms with E-state index in [1.165, 1.54) is 11.5 Å². The van der Waals surface area contributed by atoms with E-state index < -0.39 is 17.4 Å². The Morgan fingerprint density at radius 1 is 1.47 bits per heavy atom. The maximum Gasteiger partial charge on any atom is 0.254 e. The number of primary amides is 1. The van der Waals surface area contributed by atoms with Crippen molar-refractivity contribution in [1.29, 1.82) is 0 Å². The number of nitrogens with zero attached hydrogens (tertiary/aromatic N) is 1. The molecule has 1 aromatic rings. The van der Waals surface area contributed by atoms with E-state index >= 15 is 0 Å². The molecule has 94 valence electrons. The molecule has 1 heterocycles. The van der Waals surface area contributed by atoms with E-state index in [4.69, 9.17) is 5.73 Å². The lowest BCUT2D eigenvalue weighted by molar-refractivity contribution is -0.122. The molecule has 0 unspecified atom stereocenters. The number of hydrogen-bond donors (Lipinski definition) is 2. The molecular formula is C11H17N3O2S. The quantitative estimate of drug-likeness (QED) is 0.847. The van der Waals surface area contributed by atoms with Crippen LogP contribution in [0.1, 0.15) is 36.8 Å². The van der Waals surface area contributed by atoms with Crippen molar-refractivity contribution in [2.45, 2.75) is 33.7 Å². The van der Waals surface area contributed by atoms with Crippen molar-refractivity contribution in [3.8, 4) is 0 Å². The predicted octanol–water partition coefficient (Wildman–Crippen LogP) is 1.08. The van der Waals surface area contributed by atoms with E-state index in [2.05, 4.69) is 9.69 Å². The van der Waals surface area contributed by atoms with Crippen LogP contribution in [0.4, 0.5) is 0 Å². The molecule has 6 heteroatoms. The van der Waals surface area contributed by atoms with Crippen LogP contribution in [0.2, 0.25) is 0 Å². The number of carbonyl (C=O) groups is 2. The summed E-state index contributed by atoms with van der Waals surface area (Å²) in [7, 11) is 0. The van der Waals surface area contributed by atoms with E-state index in [9.17, 15) is 9.59 Å². The number of nitrogens with two attached hydrogens (primary N) is 1. The van der Waals surface area contributed by atoms with Crippen LogP contribution in [0.5, 0.6) is 0 Å². The van der Waals surface area contributed by atoms with Gasteiger partial charge in [-0.15, -0.1) is 0 Å². The average Bonchev–Trinajstić information content (AvgIpc) is 2.58. The molecule has 17 heavy (non-hydrogen) atoms. The summed E-state index contributed by atoms with van der Waals surface area (Å²) in [6, 6.07) is -0.700. The predicted molar refractivity (Wildman–Crippen MR) is 66.8 cm³/mol. The van der Waals surface area contributed by atoms with Crippen molar-refractivity contribution in [3.63, 3.8) is 0 Å². The lowest BCUT2D eigenvalue weighted by Gasteiger charge is -2.28. The van der Waals surface area contributed by atoms with Gasteiger partial charge in [0.05, 0.1) is 11.3 Å². The van der Waals surface area contributed by atoms with E-state index in [-0.39, 0.29) is 5.91 Å². The number of nitrogens with one attached hydrogen (secondary N) is 1. The van der Waals surface area contributed by atoms with Crippen LogP contribution in [0.3, 0.4) is 0 Å². The Labute approximate surface area is 105 Å². The molecule has 5 nitrogen and oxygen atoms in total. The molecule has 1 atom stereocenters. The van der Waals surface area contributed by atoms with Gasteiger partial charge >= 0.3 is 0 Å². The number of aryl methyl sites for hydroxylation is 1. The Morgan fingerprint density at radius 3 is 2.41 bits per heavy atom. The van der Waals surface area contributed by atoms with Crippen LogP contribution in [-0.4, -0.2) is 22.2 Å². The van der Waals surface area contributed by atoms with Crippen molar-refractivity contribution in [3.05, 3.63) is 16.6 Å². The smallest absolute Gasteiger partial charge is 0.254 e. The van der Waals surface area contributed by atoms with Gasteiger partial charge in [-0.1, -0.05) is 20.8 Å². The van der Waals surface area contributed by atoms with Crippen LogP contribution in [0.15, 0.2) is 5.38 Å². The monoisotopic (exact) mass is 255 g/mol. The fourth-order valence-corrected chi connectivity index (χ4v) is 2.13. The Balaban J connectivity index is 2.86. The largest absolute Gasteiger partial charge is 0.368 e. The van der Waals surface area contributed by atoms with Gasteiger partial charge in [0.1, 0.15) is 6.04 Å². The van der Waals surface area contributed by atoms with Gasteiger partial charge in [-0.25, -0.2) is 0 Å². The molecule has 0 aliphatic carbocycles. The van der Waals surface area contributed by atoms with Crippen LogP contribution in [0.25, 0.3) is 0 Å². The van der Waals surface area contributed by atoms with Gasteiger partial charge < -0.3 is 11.1 Å². The standard InChI is InChI=1S/C11H17N3O2S/c1-6-7(5-17-14-6)10(16)13-8(9(12)15)11(2,3)4/h5,8H,1-4H3,(H2,12,15)(H,13,16)/t8-/m1/s1. The van der Waals surface area contributed by atoms with Crippen molar-refractivity contribution >= 4 is 23.3 Å². The Hall–Kier alpha value is -1.43. The second-order valence-corrected chi connectivity index (χ2v) is 5.62. The van der Waals surface area contributed by atoms with Crippen molar-refractivity contribution in [2.75, 3.05) is 0 Å². The molecule has 0 spiro atoms. The van der Waals surface area contributed by atoms with Crippen LogP contribution < -0.4 is 11.1 Å². The van der Waals surface area contributed by atoms with E-state index in [0.29, 0.717) is 11.3 Å². The molecular weight excluding hydrogens is 238 g/mol. The number of amides is 2. The minimum absolute atomic E-state index is 0.310. The second kappa shape index (κ2) is 4.83. The maximum absolute atomic E-state index is 11.9. The highest BCUT2D eigenvalue weighted by molar-refractivity contribution is 7.03. The first-order chi connectivity index (χ1) is 7.73. The zero-order valence-electron chi connectivity index (χ0n) is 10.4. The number of rotatable bonds is 3. The first-order valence-corrected chi connectivity index (χ1v) is 6.08. The minimum atomic E-state index is -0.700. The minimum Gasteiger partial charge on any atom is -0.368 e. The third-order valence-corrected chi connectivity index (χ3v) is 3.14. The summed E-state index contributed by atoms with van der Waals surface area (Å²) in [4.78, 5) is 23.3. The lowest BCUT2D eigenvalue weighted by Crippen LogP contribution is -2.52. The fraction of sp³-hybridized carbons (Fsp3) is 0.545. The van der Waals surface area contributed by atoms with Gasteiger partial charge in [0.15, 0.2) is 0 Å². The molecule has 2 amide bonds. The SMILES string of the molecule is Cc1nscc1C(=O)N[C@H](C(N)=O)C(C)(C)C. The normalized spacial score (nSPS) is 13.2. The van der Waals surface area contributed by atoms with Crippen LogP contribution in [0, 0.1) is 12.3 Å². The molecule has 0 fully saturated rings. The zero-order chi connectivity index (χ0) is 13.2. The number of hydrogen-bond acceptors (Lipinski definition) is 4. The first kappa shape index (κ1) is 13.6. The van der Waals surface area contributed by atoms with E-state index in [1.54, 1.807) is 12.3 Å². The molecule has 0 aliphatic heterocycles. The van der Waals surface area contributed by atoms with Crippen molar-refractivity contribution in [2.24, 2.45) is 11.1 Å². The summed E-state index contributed by atoms with van der Waals surface area (Å²) in [5, 5.41) is 4.31. The van der Waals surface area contributed by atoms with Crippen molar-refractivity contribution in [1.82, 2.24) is 9.69 Å². The fourth-order valence-electron chi connectivity index (χ4n) is 1.43. The Morgan fingerprint density at radius 2 is 2.06 bits per heavy atom. The number of carbonyl (C=O) groups excluding carboxylic acids is 2. The summed E-state index contributed by atoms with van der Waals surface area (Å²) in [6.07, 6.45) is 0. The summed E-state index contributed by atoms with van der Waals surface area (Å²) >= 11 is 1.21. The van der Waals surface area contributed by atoms with Gasteiger partial charge in [0.25, 0.3) is 5.91 Å². The van der Waals surface area contributed by atoms with Crippen molar-refractivity contribution < 1.29 is 9.59 Å². The maximum atomic E-state index is 11.9. The third kappa shape index (κ3) is 3.26. The van der Waals surface area contributed by atoms with E-state index in [0.717, 1.165) is 0 Å². The molecule has 0 saturated heterocycles. The highest BCUT2D eigenvalue weighted by Crippen LogP contribution is 2.20. The third-order valence-electron chi connectivity index (χ3n) is 2.42. The zero-order valence-corrected chi connectivity index (χ0v) is 11.2. The molecule has 0 bridgehead atoms. The number of aromatic nitrogens is 1. The first-order valence-electron chi connectivity index (χ1n) is 5.24. The Bertz CT molecular complexity index is 434. The summed E-state index contributed by atoms with van der Waals surface area (Å²) in [6.45, 7) is 7.30. The summed E-state index contributed by atoms with van der Waals surface area (Å²) < 4.78 is 4.02. The Kier molecular flexibility index (Phi) is 3.87. The highest BCUT2D eigenvalue weighted by Gasteiger charge is 2.31. The van der Waals surface area contributed by atoms with E-state index in [1.807, 2.05) is 20.8 Å². The molecule has 0 aliphatic rings. The summed E-state index contributed by atoms with van der Waals surface area (Å²) in [5.41, 5.74) is 6.03.